The van der Waals surface area contributed by atoms with Gasteiger partial charge in [0.2, 0.25) is 0 Å². The fourth-order valence-electron chi connectivity index (χ4n) is 2.33. The van der Waals surface area contributed by atoms with Crippen molar-refractivity contribution < 1.29 is 9.84 Å². The Hall–Kier alpha value is -2.39. The Kier molecular flexibility index (Phi) is 4.12. The summed E-state index contributed by atoms with van der Waals surface area (Å²) in [5.74, 6) is 0.824. The van der Waals surface area contributed by atoms with E-state index in [1.54, 1.807) is 6.20 Å². The third-order valence-corrected chi connectivity index (χ3v) is 3.43. The molecule has 0 aliphatic carbocycles. The van der Waals surface area contributed by atoms with Gasteiger partial charge in [-0.25, -0.2) is 0 Å². The molecular formula is C18H17NO2. The maximum absolute atomic E-state index is 8.90. The third kappa shape index (κ3) is 3.20. The Balaban J connectivity index is 1.74. The molecule has 0 aliphatic heterocycles. The van der Waals surface area contributed by atoms with Crippen LogP contribution in [0.2, 0.25) is 0 Å². The van der Waals surface area contributed by atoms with E-state index in [1.165, 1.54) is 0 Å². The predicted octanol–water partition coefficient (Wildman–Crippen LogP) is 3.35. The van der Waals surface area contributed by atoms with E-state index in [0.717, 1.165) is 27.8 Å². The highest BCUT2D eigenvalue weighted by Crippen LogP contribution is 2.19. The van der Waals surface area contributed by atoms with Crippen LogP contribution in [0.5, 0.6) is 5.75 Å². The molecule has 0 saturated heterocycles. The van der Waals surface area contributed by atoms with Gasteiger partial charge < -0.3 is 9.84 Å². The summed E-state index contributed by atoms with van der Waals surface area (Å²) >= 11 is 0. The Labute approximate surface area is 123 Å². The first-order chi connectivity index (χ1) is 10.4. The van der Waals surface area contributed by atoms with E-state index in [9.17, 15) is 0 Å². The lowest BCUT2D eigenvalue weighted by Gasteiger charge is -2.09. The van der Waals surface area contributed by atoms with Gasteiger partial charge in [0.15, 0.2) is 0 Å². The zero-order valence-corrected chi connectivity index (χ0v) is 11.7. The maximum atomic E-state index is 8.90. The molecule has 3 heteroatoms. The molecule has 1 N–H and O–H groups in total. The highest BCUT2D eigenvalue weighted by Gasteiger charge is 2.03. The minimum Gasteiger partial charge on any atom is -0.489 e. The Morgan fingerprint density at radius 3 is 2.57 bits per heavy atom. The van der Waals surface area contributed by atoms with E-state index in [2.05, 4.69) is 17.1 Å². The average Bonchev–Trinajstić information content (AvgIpc) is 2.54. The first-order valence-corrected chi connectivity index (χ1v) is 7.02. The Morgan fingerprint density at radius 2 is 1.76 bits per heavy atom. The summed E-state index contributed by atoms with van der Waals surface area (Å²) < 4.78 is 5.83. The van der Waals surface area contributed by atoms with Crippen molar-refractivity contribution in [2.45, 2.75) is 13.0 Å². The van der Waals surface area contributed by atoms with E-state index in [1.807, 2.05) is 42.5 Å². The average molecular weight is 279 g/mol. The molecule has 0 bridgehead atoms. The second kappa shape index (κ2) is 6.37. The van der Waals surface area contributed by atoms with Gasteiger partial charge in [0.25, 0.3) is 0 Å². The van der Waals surface area contributed by atoms with Crippen molar-refractivity contribution in [1.82, 2.24) is 4.98 Å². The van der Waals surface area contributed by atoms with Crippen molar-refractivity contribution in [1.29, 1.82) is 0 Å². The minimum absolute atomic E-state index is 0.169. The van der Waals surface area contributed by atoms with Crippen LogP contribution in [0.4, 0.5) is 0 Å². The number of nitrogens with zero attached hydrogens (tertiary/aromatic N) is 1. The Bertz CT molecular complexity index is 717. The molecule has 1 aromatic heterocycles. The fourth-order valence-corrected chi connectivity index (χ4v) is 2.33. The molecule has 0 saturated carbocycles. The summed E-state index contributed by atoms with van der Waals surface area (Å²) in [6, 6.07) is 17.9. The highest BCUT2D eigenvalue weighted by molar-refractivity contribution is 5.81. The van der Waals surface area contributed by atoms with Crippen LogP contribution in [0.25, 0.3) is 10.9 Å². The van der Waals surface area contributed by atoms with Crippen LogP contribution in [-0.2, 0) is 13.0 Å². The molecule has 3 aromatic rings. The second-order valence-electron chi connectivity index (χ2n) is 4.90. The summed E-state index contributed by atoms with van der Waals surface area (Å²) in [5.41, 5.74) is 3.17. The van der Waals surface area contributed by atoms with Crippen LogP contribution in [-0.4, -0.2) is 16.7 Å². The lowest BCUT2D eigenvalue weighted by Crippen LogP contribution is -1.98. The molecule has 0 radical (unpaired) electrons. The number of pyridine rings is 1. The molecule has 21 heavy (non-hydrogen) atoms. The van der Waals surface area contributed by atoms with Gasteiger partial charge in [0.05, 0.1) is 5.52 Å². The van der Waals surface area contributed by atoms with Gasteiger partial charge >= 0.3 is 0 Å². The maximum Gasteiger partial charge on any atom is 0.119 e. The van der Waals surface area contributed by atoms with Crippen molar-refractivity contribution in [3.8, 4) is 5.75 Å². The molecule has 1 heterocycles. The topological polar surface area (TPSA) is 42.4 Å². The summed E-state index contributed by atoms with van der Waals surface area (Å²) in [6.45, 7) is 0.662. The van der Waals surface area contributed by atoms with Gasteiger partial charge in [-0.15, -0.1) is 0 Å². The molecule has 0 unspecified atom stereocenters. The van der Waals surface area contributed by atoms with Crippen LogP contribution >= 0.6 is 0 Å². The standard InChI is InChI=1S/C18H17NO2/c20-12-10-14-6-8-17(9-7-14)21-13-16-4-1-3-15-5-2-11-19-18(15)16/h1-9,11,20H,10,12-13H2. The Morgan fingerprint density at radius 1 is 0.952 bits per heavy atom. The molecule has 0 fully saturated rings. The largest absolute Gasteiger partial charge is 0.489 e. The SMILES string of the molecule is OCCc1ccc(OCc2cccc3cccnc23)cc1. The number of para-hydroxylation sites is 1. The zero-order valence-electron chi connectivity index (χ0n) is 11.7. The fraction of sp³-hybridized carbons (Fsp3) is 0.167. The van der Waals surface area contributed by atoms with E-state index in [0.29, 0.717) is 13.0 Å². The molecule has 0 atom stereocenters. The molecule has 0 aliphatic rings. The quantitative estimate of drug-likeness (QED) is 0.779. The second-order valence-corrected chi connectivity index (χ2v) is 4.90. The van der Waals surface area contributed by atoms with Crippen LogP contribution in [0.1, 0.15) is 11.1 Å². The molecule has 106 valence electrons. The van der Waals surface area contributed by atoms with E-state index >= 15 is 0 Å². The normalized spacial score (nSPS) is 10.7. The van der Waals surface area contributed by atoms with Crippen LogP contribution in [0, 0.1) is 0 Å². The number of aromatic nitrogens is 1. The molecule has 2 aromatic carbocycles. The predicted molar refractivity (Wildman–Crippen MR) is 83.3 cm³/mol. The van der Waals surface area contributed by atoms with Crippen molar-refractivity contribution in [3.63, 3.8) is 0 Å². The minimum atomic E-state index is 0.169. The summed E-state index contributed by atoms with van der Waals surface area (Å²) in [7, 11) is 0. The number of hydrogen-bond acceptors (Lipinski definition) is 3. The number of ether oxygens (including phenoxy) is 1. The van der Waals surface area contributed by atoms with Crippen molar-refractivity contribution in [2.24, 2.45) is 0 Å². The molecule has 3 rings (SSSR count). The third-order valence-electron chi connectivity index (χ3n) is 3.43. The van der Waals surface area contributed by atoms with Crippen molar-refractivity contribution >= 4 is 10.9 Å². The van der Waals surface area contributed by atoms with E-state index in [4.69, 9.17) is 9.84 Å². The lowest BCUT2D eigenvalue weighted by molar-refractivity contribution is 0.298. The molecule has 0 spiro atoms. The van der Waals surface area contributed by atoms with Crippen molar-refractivity contribution in [3.05, 3.63) is 71.9 Å². The number of rotatable bonds is 5. The molecule has 0 amide bonds. The smallest absolute Gasteiger partial charge is 0.119 e. The zero-order chi connectivity index (χ0) is 14.5. The number of aliphatic hydroxyl groups is 1. The molecular weight excluding hydrogens is 262 g/mol. The summed E-state index contributed by atoms with van der Waals surface area (Å²) in [5, 5.41) is 10.0. The molecule has 3 nitrogen and oxygen atoms in total. The van der Waals surface area contributed by atoms with Crippen molar-refractivity contribution in [2.75, 3.05) is 6.61 Å². The van der Waals surface area contributed by atoms with Crippen LogP contribution in [0.3, 0.4) is 0 Å². The monoisotopic (exact) mass is 279 g/mol. The van der Waals surface area contributed by atoms with Crippen LogP contribution < -0.4 is 4.74 Å². The van der Waals surface area contributed by atoms with Gasteiger partial charge in [-0.1, -0.05) is 36.4 Å². The van der Waals surface area contributed by atoms with E-state index in [-0.39, 0.29) is 6.61 Å². The van der Waals surface area contributed by atoms with Gasteiger partial charge in [-0.3, -0.25) is 4.98 Å². The van der Waals surface area contributed by atoms with Gasteiger partial charge in [0.1, 0.15) is 12.4 Å². The first-order valence-electron chi connectivity index (χ1n) is 7.02. The first kappa shape index (κ1) is 13.6. The number of aliphatic hydroxyl groups excluding tert-OH is 1. The number of benzene rings is 2. The van der Waals surface area contributed by atoms with Crippen LogP contribution in [0.15, 0.2) is 60.8 Å². The van der Waals surface area contributed by atoms with Gasteiger partial charge in [0, 0.05) is 23.8 Å². The summed E-state index contributed by atoms with van der Waals surface area (Å²) in [6.07, 6.45) is 2.48. The highest BCUT2D eigenvalue weighted by atomic mass is 16.5. The summed E-state index contributed by atoms with van der Waals surface area (Å²) in [4.78, 5) is 4.42. The van der Waals surface area contributed by atoms with Gasteiger partial charge in [-0.2, -0.15) is 0 Å². The number of hydrogen-bond donors (Lipinski definition) is 1. The van der Waals surface area contributed by atoms with Gasteiger partial charge in [-0.05, 0) is 30.2 Å². The number of fused-ring (bicyclic) bond motifs is 1. The van der Waals surface area contributed by atoms with E-state index < -0.39 is 0 Å². The lowest BCUT2D eigenvalue weighted by atomic mass is 10.1.